The van der Waals surface area contributed by atoms with E-state index in [0.717, 1.165) is 25.1 Å². The fourth-order valence-corrected chi connectivity index (χ4v) is 1.82. The van der Waals surface area contributed by atoms with E-state index in [9.17, 15) is 17.6 Å². The molecule has 0 bridgehead atoms. The highest BCUT2D eigenvalue weighted by Crippen LogP contribution is 2.22. The number of alkyl halides is 3. The van der Waals surface area contributed by atoms with Gasteiger partial charge in [-0.15, -0.1) is 0 Å². The number of hydrogen-bond donors (Lipinski definition) is 3. The molecule has 0 aromatic carbocycles. The molecule has 0 saturated carbocycles. The van der Waals surface area contributed by atoms with E-state index in [0.29, 0.717) is 6.54 Å². The summed E-state index contributed by atoms with van der Waals surface area (Å²) in [5, 5.41) is 13.3. The maximum absolute atomic E-state index is 13.4. The van der Waals surface area contributed by atoms with Crippen molar-refractivity contribution in [3.63, 3.8) is 0 Å². The van der Waals surface area contributed by atoms with E-state index in [4.69, 9.17) is 14.6 Å². The van der Waals surface area contributed by atoms with Gasteiger partial charge in [-0.05, 0) is 30.2 Å². The topological polar surface area (TPSA) is 70.6 Å². The molecule has 0 aliphatic carbocycles. The molecule has 0 aromatic rings. The maximum atomic E-state index is 13.4. The Morgan fingerprint density at radius 2 is 2.00 bits per heavy atom. The second-order valence-corrected chi connectivity index (χ2v) is 4.39. The van der Waals surface area contributed by atoms with E-state index in [1.165, 1.54) is 12.7 Å². The summed E-state index contributed by atoms with van der Waals surface area (Å²) in [7, 11) is 1.46. The van der Waals surface area contributed by atoms with Crippen LogP contribution in [0.3, 0.4) is 0 Å². The average molecular weight is 324 g/mol. The zero-order chi connectivity index (χ0) is 16.8. The van der Waals surface area contributed by atoms with Crippen LogP contribution in [0.15, 0.2) is 35.0 Å². The van der Waals surface area contributed by atoms with Crippen molar-refractivity contribution in [1.82, 2.24) is 10.6 Å². The van der Waals surface area contributed by atoms with Gasteiger partial charge in [-0.25, -0.2) is 9.18 Å². The van der Waals surface area contributed by atoms with Gasteiger partial charge in [0, 0.05) is 13.1 Å². The van der Waals surface area contributed by atoms with Crippen molar-refractivity contribution in [3.8, 4) is 0 Å². The summed E-state index contributed by atoms with van der Waals surface area (Å²) in [6, 6.07) is 0. The van der Waals surface area contributed by atoms with Crippen molar-refractivity contribution in [1.29, 1.82) is 0 Å². The average Bonchev–Trinajstić information content (AvgIpc) is 2.47. The number of hydrogen-bond acceptors (Lipinski definition) is 4. The first kappa shape index (κ1) is 18.0. The fourth-order valence-electron chi connectivity index (χ4n) is 1.82. The highest BCUT2D eigenvalue weighted by molar-refractivity contribution is 5.73. The van der Waals surface area contributed by atoms with Crippen LogP contribution < -0.4 is 10.6 Å². The number of rotatable bonds is 2. The van der Waals surface area contributed by atoms with Crippen molar-refractivity contribution < 1.29 is 32.2 Å². The van der Waals surface area contributed by atoms with Crippen molar-refractivity contribution in [2.45, 2.75) is 12.6 Å². The van der Waals surface area contributed by atoms with Gasteiger partial charge in [0.15, 0.2) is 5.83 Å². The molecule has 0 radical (unpaired) electrons. The first-order valence-corrected chi connectivity index (χ1v) is 6.34. The molecule has 22 heavy (non-hydrogen) atoms. The van der Waals surface area contributed by atoms with Crippen LogP contribution in [0.1, 0.15) is 6.42 Å². The van der Waals surface area contributed by atoms with Gasteiger partial charge in [0.2, 0.25) is 5.88 Å². The zero-order valence-electron chi connectivity index (χ0n) is 11.8. The molecule has 2 aliphatic rings. The molecule has 2 rings (SSSR count). The molecule has 3 N–H and O–H groups in total. The molecular formula is C13H16F4N2O3. The lowest BCUT2D eigenvalue weighted by Crippen LogP contribution is -2.27. The second kappa shape index (κ2) is 7.83. The number of carbonyl (C=O) groups is 1. The Balaban J connectivity index is 0.000000295. The van der Waals surface area contributed by atoms with Gasteiger partial charge in [-0.1, -0.05) is 6.08 Å². The highest BCUT2D eigenvalue weighted by Gasteiger charge is 2.38. The quantitative estimate of drug-likeness (QED) is 0.676. The first-order chi connectivity index (χ1) is 10.3. The summed E-state index contributed by atoms with van der Waals surface area (Å²) in [5.74, 6) is -2.85. The Bertz CT molecular complexity index is 510. The molecule has 0 saturated heterocycles. The molecule has 0 atom stereocenters. The summed E-state index contributed by atoms with van der Waals surface area (Å²) in [5.41, 5.74) is 2.25. The number of nitrogens with one attached hydrogen (secondary N) is 2. The van der Waals surface area contributed by atoms with Crippen molar-refractivity contribution in [3.05, 3.63) is 35.0 Å². The third-order valence-electron chi connectivity index (χ3n) is 2.88. The van der Waals surface area contributed by atoms with Crippen LogP contribution in [-0.4, -0.2) is 44.0 Å². The molecule has 124 valence electrons. The third-order valence-corrected chi connectivity index (χ3v) is 2.88. The minimum absolute atomic E-state index is 0.230. The fraction of sp³-hybridized carbons (Fsp3) is 0.462. The van der Waals surface area contributed by atoms with Crippen molar-refractivity contribution in [2.24, 2.45) is 0 Å². The van der Waals surface area contributed by atoms with E-state index in [1.807, 2.05) is 0 Å². The Labute approximate surface area is 124 Å². The van der Waals surface area contributed by atoms with Crippen LogP contribution in [0.2, 0.25) is 0 Å². The van der Waals surface area contributed by atoms with Crippen LogP contribution in [0, 0.1) is 0 Å². The molecule has 2 aliphatic heterocycles. The standard InChI is InChI=1S/C11H15FN2O.C2HF3O2/c1-15-11-10(12)6-9(7-14-11)8-2-4-13-5-3-8;3-2(4,5)1(6)7/h2,6,13-14H,3-5,7H2,1H3;(H,6,7). The normalized spacial score (nSPS) is 18.4. The molecule has 5 nitrogen and oxygen atoms in total. The van der Waals surface area contributed by atoms with Crippen LogP contribution in [0.25, 0.3) is 0 Å². The van der Waals surface area contributed by atoms with Gasteiger partial charge in [-0.2, -0.15) is 13.2 Å². The van der Waals surface area contributed by atoms with Crippen LogP contribution in [0.4, 0.5) is 17.6 Å². The lowest BCUT2D eigenvalue weighted by atomic mass is 9.98. The van der Waals surface area contributed by atoms with Gasteiger partial charge in [0.25, 0.3) is 0 Å². The van der Waals surface area contributed by atoms with Crippen molar-refractivity contribution in [2.75, 3.05) is 26.7 Å². The molecule has 0 spiro atoms. The summed E-state index contributed by atoms with van der Waals surface area (Å²) < 4.78 is 50.0. The van der Waals surface area contributed by atoms with Gasteiger partial charge in [-0.3, -0.25) is 0 Å². The van der Waals surface area contributed by atoms with E-state index >= 15 is 0 Å². The Morgan fingerprint density at radius 3 is 2.41 bits per heavy atom. The van der Waals surface area contributed by atoms with Crippen LogP contribution in [0.5, 0.6) is 0 Å². The van der Waals surface area contributed by atoms with Crippen LogP contribution in [-0.2, 0) is 9.53 Å². The summed E-state index contributed by atoms with van der Waals surface area (Å²) >= 11 is 0. The predicted octanol–water partition coefficient (Wildman–Crippen LogP) is 1.85. The van der Waals surface area contributed by atoms with Gasteiger partial charge in [0.05, 0.1) is 7.11 Å². The van der Waals surface area contributed by atoms with Crippen molar-refractivity contribution >= 4 is 5.97 Å². The minimum Gasteiger partial charge on any atom is -0.480 e. The molecule has 9 heteroatoms. The molecule has 0 unspecified atom stereocenters. The number of dihydropyridines is 1. The Morgan fingerprint density at radius 1 is 1.36 bits per heavy atom. The smallest absolute Gasteiger partial charge is 0.480 e. The summed E-state index contributed by atoms with van der Waals surface area (Å²) in [4.78, 5) is 8.90. The first-order valence-electron chi connectivity index (χ1n) is 6.34. The van der Waals surface area contributed by atoms with E-state index in [2.05, 4.69) is 16.7 Å². The SMILES string of the molecule is COC1=C(F)C=C(C2=CCNCC2)CN1.O=C(O)C(F)(F)F. The molecule has 2 heterocycles. The number of carboxylic acids is 1. The Hall–Kier alpha value is -2.03. The third kappa shape index (κ3) is 5.40. The number of aliphatic carboxylic acids is 1. The van der Waals surface area contributed by atoms with E-state index < -0.39 is 12.1 Å². The van der Waals surface area contributed by atoms with Gasteiger partial charge >= 0.3 is 12.1 Å². The predicted molar refractivity (Wildman–Crippen MR) is 70.5 cm³/mol. The number of allylic oxidation sites excluding steroid dienone is 2. The largest absolute Gasteiger partial charge is 0.490 e. The molecule has 0 aromatic heterocycles. The number of carboxylic acid groups (broad SMARTS) is 1. The number of halogens is 4. The van der Waals surface area contributed by atoms with Gasteiger partial charge in [0.1, 0.15) is 0 Å². The summed E-state index contributed by atoms with van der Waals surface area (Å²) in [6.07, 6.45) is -0.447. The second-order valence-electron chi connectivity index (χ2n) is 4.39. The van der Waals surface area contributed by atoms with Crippen LogP contribution >= 0.6 is 0 Å². The lowest BCUT2D eigenvalue weighted by Gasteiger charge is -2.21. The lowest BCUT2D eigenvalue weighted by molar-refractivity contribution is -0.192. The number of ether oxygens (including phenoxy) is 1. The molecule has 0 fully saturated rings. The van der Waals surface area contributed by atoms with E-state index in [-0.39, 0.29) is 11.7 Å². The minimum atomic E-state index is -5.08. The van der Waals surface area contributed by atoms with Gasteiger partial charge < -0.3 is 20.5 Å². The monoisotopic (exact) mass is 324 g/mol. The highest BCUT2D eigenvalue weighted by atomic mass is 19.4. The summed E-state index contributed by atoms with van der Waals surface area (Å²) in [6.45, 7) is 2.48. The molecule has 0 amide bonds. The Kier molecular flexibility index (Phi) is 6.41. The molecular weight excluding hydrogens is 308 g/mol. The van der Waals surface area contributed by atoms with E-state index in [1.54, 1.807) is 6.08 Å². The maximum Gasteiger partial charge on any atom is 0.490 e. The number of methoxy groups -OCH3 is 1. The zero-order valence-corrected chi connectivity index (χ0v) is 11.8.